The second-order valence-corrected chi connectivity index (χ2v) is 8.63. The van der Waals surface area contributed by atoms with Crippen molar-refractivity contribution in [3.8, 4) is 0 Å². The number of benzene rings is 1. The Morgan fingerprint density at radius 3 is 2.43 bits per heavy atom. The average molecular weight is 365 g/mol. The third-order valence-electron chi connectivity index (χ3n) is 2.70. The molecule has 1 atom stereocenters. The SMILES string of the molecule is CC(Nc1cccc(NS(C)(=O)=O)c1)c1cc(Cl)sc1Cl. The second kappa shape index (κ2) is 6.44. The van der Waals surface area contributed by atoms with Crippen LogP contribution in [0.3, 0.4) is 0 Å². The van der Waals surface area contributed by atoms with E-state index < -0.39 is 10.0 Å². The van der Waals surface area contributed by atoms with Gasteiger partial charge in [0.1, 0.15) is 0 Å². The highest BCUT2D eigenvalue weighted by atomic mass is 35.5. The first kappa shape index (κ1) is 16.4. The summed E-state index contributed by atoms with van der Waals surface area (Å²) >= 11 is 13.4. The van der Waals surface area contributed by atoms with Crippen LogP contribution in [0.4, 0.5) is 11.4 Å². The zero-order valence-corrected chi connectivity index (χ0v) is 14.5. The average Bonchev–Trinajstić information content (AvgIpc) is 2.66. The molecule has 0 saturated heterocycles. The van der Waals surface area contributed by atoms with Crippen LogP contribution in [-0.4, -0.2) is 14.7 Å². The molecule has 0 saturated carbocycles. The molecule has 0 spiro atoms. The molecular formula is C13H14Cl2N2O2S2. The van der Waals surface area contributed by atoms with Crippen molar-refractivity contribution in [1.29, 1.82) is 0 Å². The van der Waals surface area contributed by atoms with E-state index in [0.717, 1.165) is 17.5 Å². The van der Waals surface area contributed by atoms with Crippen molar-refractivity contribution < 1.29 is 8.42 Å². The van der Waals surface area contributed by atoms with Crippen LogP contribution < -0.4 is 10.0 Å². The van der Waals surface area contributed by atoms with E-state index in [1.54, 1.807) is 18.2 Å². The van der Waals surface area contributed by atoms with Crippen molar-refractivity contribution in [2.24, 2.45) is 0 Å². The third kappa shape index (κ3) is 4.78. The molecular weight excluding hydrogens is 351 g/mol. The molecule has 2 N–H and O–H groups in total. The first-order chi connectivity index (χ1) is 9.74. The Hall–Kier alpha value is -0.950. The molecule has 1 aromatic heterocycles. The number of hydrogen-bond acceptors (Lipinski definition) is 4. The molecule has 0 aliphatic rings. The number of sulfonamides is 1. The van der Waals surface area contributed by atoms with Crippen LogP contribution in [0.15, 0.2) is 30.3 Å². The number of halogens is 2. The molecule has 114 valence electrons. The Bertz CT molecular complexity index is 744. The summed E-state index contributed by atoms with van der Waals surface area (Å²) < 4.78 is 26.2. The van der Waals surface area contributed by atoms with Gasteiger partial charge in [-0.25, -0.2) is 8.42 Å². The van der Waals surface area contributed by atoms with Crippen molar-refractivity contribution in [2.45, 2.75) is 13.0 Å². The number of rotatable bonds is 5. The zero-order valence-electron chi connectivity index (χ0n) is 11.4. The summed E-state index contributed by atoms with van der Waals surface area (Å²) in [6.45, 7) is 1.96. The maximum absolute atomic E-state index is 11.2. The fraction of sp³-hybridized carbons (Fsp3) is 0.231. The molecule has 0 fully saturated rings. The smallest absolute Gasteiger partial charge is 0.229 e. The van der Waals surface area contributed by atoms with Crippen molar-refractivity contribution in [1.82, 2.24) is 0 Å². The van der Waals surface area contributed by atoms with E-state index in [9.17, 15) is 8.42 Å². The van der Waals surface area contributed by atoms with Crippen LogP contribution in [-0.2, 0) is 10.0 Å². The quantitative estimate of drug-likeness (QED) is 0.814. The molecule has 21 heavy (non-hydrogen) atoms. The molecule has 1 unspecified atom stereocenters. The predicted octanol–water partition coefficient (Wildman–Crippen LogP) is 4.60. The van der Waals surface area contributed by atoms with Gasteiger partial charge in [-0.15, -0.1) is 11.3 Å². The molecule has 0 radical (unpaired) electrons. The first-order valence-corrected chi connectivity index (χ1v) is 9.50. The van der Waals surface area contributed by atoms with Crippen molar-refractivity contribution in [2.75, 3.05) is 16.3 Å². The van der Waals surface area contributed by atoms with Crippen LogP contribution >= 0.6 is 34.5 Å². The maximum Gasteiger partial charge on any atom is 0.229 e. The van der Waals surface area contributed by atoms with Crippen LogP contribution in [0.1, 0.15) is 18.5 Å². The number of anilines is 2. The molecule has 1 heterocycles. The summed E-state index contributed by atoms with van der Waals surface area (Å²) in [5, 5.41) is 3.27. The number of thiophene rings is 1. The van der Waals surface area contributed by atoms with Gasteiger partial charge in [-0.3, -0.25) is 4.72 Å². The van der Waals surface area contributed by atoms with Gasteiger partial charge in [-0.1, -0.05) is 29.3 Å². The summed E-state index contributed by atoms with van der Waals surface area (Å²) in [4.78, 5) is 0. The molecule has 0 bridgehead atoms. The predicted molar refractivity (Wildman–Crippen MR) is 91.3 cm³/mol. The van der Waals surface area contributed by atoms with E-state index in [2.05, 4.69) is 10.0 Å². The Morgan fingerprint density at radius 1 is 1.19 bits per heavy atom. The summed E-state index contributed by atoms with van der Waals surface area (Å²) in [7, 11) is -3.29. The van der Waals surface area contributed by atoms with Crippen LogP contribution in [0.5, 0.6) is 0 Å². The van der Waals surface area contributed by atoms with Crippen molar-refractivity contribution in [3.05, 3.63) is 44.6 Å². The molecule has 2 rings (SSSR count). The van der Waals surface area contributed by atoms with Crippen LogP contribution in [0, 0.1) is 0 Å². The monoisotopic (exact) mass is 364 g/mol. The van der Waals surface area contributed by atoms with Crippen molar-refractivity contribution in [3.63, 3.8) is 0 Å². The lowest BCUT2D eigenvalue weighted by molar-refractivity contribution is 0.607. The van der Waals surface area contributed by atoms with Gasteiger partial charge in [-0.2, -0.15) is 0 Å². The van der Waals surface area contributed by atoms with Gasteiger partial charge in [0.25, 0.3) is 0 Å². The Labute approximate surface area is 138 Å². The lowest BCUT2D eigenvalue weighted by Crippen LogP contribution is -2.10. The number of nitrogens with one attached hydrogen (secondary N) is 2. The van der Waals surface area contributed by atoms with E-state index in [4.69, 9.17) is 23.2 Å². The lowest BCUT2D eigenvalue weighted by atomic mass is 10.1. The second-order valence-electron chi connectivity index (χ2n) is 4.60. The van der Waals surface area contributed by atoms with E-state index in [1.165, 1.54) is 11.3 Å². The fourth-order valence-electron chi connectivity index (χ4n) is 1.86. The fourth-order valence-corrected chi connectivity index (χ4v) is 4.06. The molecule has 0 aliphatic carbocycles. The van der Waals surface area contributed by atoms with E-state index >= 15 is 0 Å². The van der Waals surface area contributed by atoms with Crippen LogP contribution in [0.2, 0.25) is 8.67 Å². The zero-order chi connectivity index (χ0) is 15.6. The highest BCUT2D eigenvalue weighted by molar-refractivity contribution is 7.92. The lowest BCUT2D eigenvalue weighted by Gasteiger charge is -2.15. The van der Waals surface area contributed by atoms with Crippen molar-refractivity contribution >= 4 is 55.9 Å². The highest BCUT2D eigenvalue weighted by Gasteiger charge is 2.13. The van der Waals surface area contributed by atoms with Gasteiger partial charge < -0.3 is 5.32 Å². The maximum atomic E-state index is 11.2. The van der Waals surface area contributed by atoms with E-state index in [-0.39, 0.29) is 6.04 Å². The van der Waals surface area contributed by atoms with Gasteiger partial charge in [-0.05, 0) is 31.2 Å². The Balaban J connectivity index is 2.16. The van der Waals surface area contributed by atoms with Gasteiger partial charge in [0.2, 0.25) is 10.0 Å². The molecule has 0 amide bonds. The molecule has 4 nitrogen and oxygen atoms in total. The highest BCUT2D eigenvalue weighted by Crippen LogP contribution is 2.36. The van der Waals surface area contributed by atoms with E-state index in [0.29, 0.717) is 14.4 Å². The van der Waals surface area contributed by atoms with Crippen LogP contribution in [0.25, 0.3) is 0 Å². The largest absolute Gasteiger partial charge is 0.378 e. The van der Waals surface area contributed by atoms with E-state index in [1.807, 2.05) is 19.1 Å². The summed E-state index contributed by atoms with van der Waals surface area (Å²) in [5.74, 6) is 0. The molecule has 2 aromatic rings. The topological polar surface area (TPSA) is 58.2 Å². The minimum absolute atomic E-state index is 0.0465. The minimum atomic E-state index is -3.29. The Morgan fingerprint density at radius 2 is 1.86 bits per heavy atom. The Kier molecular flexibility index (Phi) is 5.03. The third-order valence-corrected chi connectivity index (χ3v) is 4.82. The summed E-state index contributed by atoms with van der Waals surface area (Å²) in [6, 6.07) is 8.81. The summed E-state index contributed by atoms with van der Waals surface area (Å²) in [5.41, 5.74) is 2.20. The van der Waals surface area contributed by atoms with Gasteiger partial charge >= 0.3 is 0 Å². The van der Waals surface area contributed by atoms with Gasteiger partial charge in [0.05, 0.1) is 26.7 Å². The molecule has 0 aliphatic heterocycles. The summed E-state index contributed by atoms with van der Waals surface area (Å²) in [6.07, 6.45) is 1.11. The molecule has 8 heteroatoms. The standard InChI is InChI=1S/C13H14Cl2N2O2S2/c1-8(11-7-12(14)20-13(11)15)16-9-4-3-5-10(6-9)17-21(2,18)19/h3-8,16-17H,1-2H3. The number of hydrogen-bond donors (Lipinski definition) is 2. The molecule has 1 aromatic carbocycles. The normalized spacial score (nSPS) is 13.0. The van der Waals surface area contributed by atoms with Gasteiger partial charge in [0.15, 0.2) is 0 Å². The van der Waals surface area contributed by atoms with Gasteiger partial charge in [0, 0.05) is 11.3 Å². The minimum Gasteiger partial charge on any atom is -0.378 e. The first-order valence-electron chi connectivity index (χ1n) is 6.04.